The van der Waals surface area contributed by atoms with Crippen molar-refractivity contribution in [3.05, 3.63) is 70.8 Å². The number of benzene rings is 2. The van der Waals surface area contributed by atoms with Crippen molar-refractivity contribution in [1.82, 2.24) is 4.90 Å². The zero-order chi connectivity index (χ0) is 17.5. The van der Waals surface area contributed by atoms with Gasteiger partial charge in [0.2, 0.25) is 5.91 Å². The molecule has 126 valence electrons. The second-order valence-electron chi connectivity index (χ2n) is 5.92. The molecule has 2 aromatic carbocycles. The summed E-state index contributed by atoms with van der Waals surface area (Å²) in [5.41, 5.74) is 3.64. The highest BCUT2D eigenvalue weighted by atomic mass is 16.4. The number of amides is 1. The molecule has 1 amide bonds. The van der Waals surface area contributed by atoms with E-state index >= 15 is 0 Å². The van der Waals surface area contributed by atoms with Gasteiger partial charge in [0, 0.05) is 20.0 Å². The predicted octanol–water partition coefficient (Wildman–Crippen LogP) is 3.54. The lowest BCUT2D eigenvalue weighted by atomic mass is 10.1. The third-order valence-electron chi connectivity index (χ3n) is 4.11. The van der Waals surface area contributed by atoms with E-state index in [2.05, 4.69) is 31.2 Å². The topological polar surface area (TPSA) is 57.6 Å². The second kappa shape index (κ2) is 8.29. The monoisotopic (exact) mass is 325 g/mol. The van der Waals surface area contributed by atoms with Crippen LogP contribution in [0.25, 0.3) is 0 Å². The molecule has 0 aliphatic carbocycles. The number of aromatic carboxylic acids is 1. The zero-order valence-corrected chi connectivity index (χ0v) is 14.2. The number of nitrogens with zero attached hydrogens (tertiary/aromatic N) is 1. The van der Waals surface area contributed by atoms with Gasteiger partial charge < -0.3 is 10.0 Å². The number of aryl methyl sites for hydroxylation is 2. The summed E-state index contributed by atoms with van der Waals surface area (Å²) < 4.78 is 0. The first-order chi connectivity index (χ1) is 11.5. The summed E-state index contributed by atoms with van der Waals surface area (Å²) in [7, 11) is 1.77. The molecular weight excluding hydrogens is 302 g/mol. The molecule has 0 spiro atoms. The molecule has 0 aromatic heterocycles. The molecule has 0 aliphatic rings. The van der Waals surface area contributed by atoms with Gasteiger partial charge in [-0.15, -0.1) is 0 Å². The molecule has 0 bridgehead atoms. The van der Waals surface area contributed by atoms with E-state index in [9.17, 15) is 9.59 Å². The van der Waals surface area contributed by atoms with Crippen LogP contribution in [0.1, 0.15) is 40.4 Å². The fraction of sp³-hybridized carbons (Fsp3) is 0.300. The van der Waals surface area contributed by atoms with E-state index in [4.69, 9.17) is 5.11 Å². The van der Waals surface area contributed by atoms with Crippen LogP contribution in [-0.4, -0.2) is 28.9 Å². The van der Waals surface area contributed by atoms with E-state index in [0.29, 0.717) is 13.0 Å². The van der Waals surface area contributed by atoms with Crippen molar-refractivity contribution in [2.24, 2.45) is 0 Å². The predicted molar refractivity (Wildman–Crippen MR) is 94.0 cm³/mol. The number of carboxylic acids is 1. The number of carbonyl (C=O) groups excluding carboxylic acids is 1. The largest absolute Gasteiger partial charge is 0.478 e. The number of hydrogen-bond acceptors (Lipinski definition) is 2. The minimum atomic E-state index is -0.944. The molecule has 0 unspecified atom stereocenters. The minimum absolute atomic E-state index is 0.0804. The molecule has 24 heavy (non-hydrogen) atoms. The lowest BCUT2D eigenvalue weighted by Crippen LogP contribution is -2.26. The minimum Gasteiger partial charge on any atom is -0.478 e. The van der Waals surface area contributed by atoms with Crippen LogP contribution in [0.4, 0.5) is 0 Å². The van der Waals surface area contributed by atoms with Crippen LogP contribution in [0, 0.1) is 0 Å². The van der Waals surface area contributed by atoms with Gasteiger partial charge in [0.25, 0.3) is 0 Å². The van der Waals surface area contributed by atoms with Gasteiger partial charge in [-0.25, -0.2) is 4.79 Å². The quantitative estimate of drug-likeness (QED) is 0.847. The molecule has 4 heteroatoms. The maximum Gasteiger partial charge on any atom is 0.335 e. The maximum absolute atomic E-state index is 12.3. The Morgan fingerprint density at radius 1 is 0.917 bits per heavy atom. The fourth-order valence-corrected chi connectivity index (χ4v) is 2.50. The van der Waals surface area contributed by atoms with Crippen LogP contribution in [0.15, 0.2) is 48.5 Å². The zero-order valence-electron chi connectivity index (χ0n) is 14.2. The average Bonchev–Trinajstić information content (AvgIpc) is 2.60. The summed E-state index contributed by atoms with van der Waals surface area (Å²) in [6, 6.07) is 15.0. The molecule has 0 fully saturated rings. The molecule has 0 saturated carbocycles. The Kier molecular flexibility index (Phi) is 6.13. The van der Waals surface area contributed by atoms with Gasteiger partial charge in [0.1, 0.15) is 0 Å². The molecule has 0 heterocycles. The van der Waals surface area contributed by atoms with Crippen molar-refractivity contribution in [2.75, 3.05) is 7.05 Å². The summed E-state index contributed by atoms with van der Waals surface area (Å²) in [6.45, 7) is 2.60. The maximum atomic E-state index is 12.3. The van der Waals surface area contributed by atoms with Crippen LogP contribution in [0.5, 0.6) is 0 Å². The van der Waals surface area contributed by atoms with Crippen molar-refractivity contribution >= 4 is 11.9 Å². The van der Waals surface area contributed by atoms with E-state index in [1.54, 1.807) is 36.2 Å². The van der Waals surface area contributed by atoms with E-state index in [0.717, 1.165) is 18.4 Å². The molecular formula is C20H23NO3. The lowest BCUT2D eigenvalue weighted by Gasteiger charge is -2.17. The smallest absolute Gasteiger partial charge is 0.335 e. The summed E-state index contributed by atoms with van der Waals surface area (Å²) in [6.07, 6.45) is 2.21. The number of carbonyl (C=O) groups is 2. The number of hydrogen-bond donors (Lipinski definition) is 1. The molecule has 0 radical (unpaired) electrons. The SMILES string of the molecule is CCc1ccc(CCC(=O)N(C)Cc2ccc(C(=O)O)cc2)cc1. The van der Waals surface area contributed by atoms with Crippen LogP contribution >= 0.6 is 0 Å². The van der Waals surface area contributed by atoms with Crippen LogP contribution < -0.4 is 0 Å². The Bertz CT molecular complexity index is 690. The Morgan fingerprint density at radius 3 is 2.00 bits per heavy atom. The van der Waals surface area contributed by atoms with Gasteiger partial charge in [-0.05, 0) is 41.7 Å². The molecule has 0 saturated heterocycles. The van der Waals surface area contributed by atoms with Crippen LogP contribution in [0.3, 0.4) is 0 Å². The second-order valence-corrected chi connectivity index (χ2v) is 5.92. The summed E-state index contributed by atoms with van der Waals surface area (Å²) in [5, 5.41) is 8.89. The van der Waals surface area contributed by atoms with Gasteiger partial charge in [-0.1, -0.05) is 43.3 Å². The van der Waals surface area contributed by atoms with Crippen LogP contribution in [-0.2, 0) is 24.2 Å². The van der Waals surface area contributed by atoms with Crippen molar-refractivity contribution in [3.63, 3.8) is 0 Å². The Labute approximate surface area is 142 Å². The highest BCUT2D eigenvalue weighted by Gasteiger charge is 2.10. The Balaban J connectivity index is 1.85. The fourth-order valence-electron chi connectivity index (χ4n) is 2.50. The van der Waals surface area contributed by atoms with E-state index in [-0.39, 0.29) is 11.5 Å². The van der Waals surface area contributed by atoms with E-state index in [1.807, 2.05) is 0 Å². The van der Waals surface area contributed by atoms with Crippen LogP contribution in [0.2, 0.25) is 0 Å². The van der Waals surface area contributed by atoms with Gasteiger partial charge in [-0.2, -0.15) is 0 Å². The number of rotatable bonds is 7. The highest BCUT2D eigenvalue weighted by molar-refractivity contribution is 5.87. The van der Waals surface area contributed by atoms with Crippen molar-refractivity contribution in [1.29, 1.82) is 0 Å². The standard InChI is InChI=1S/C20H23NO3/c1-3-15-4-6-16(7-5-15)10-13-19(22)21(2)14-17-8-11-18(12-9-17)20(23)24/h4-9,11-12H,3,10,13-14H2,1-2H3,(H,23,24). The molecule has 4 nitrogen and oxygen atoms in total. The third kappa shape index (κ3) is 4.95. The van der Waals surface area contributed by atoms with Gasteiger partial charge >= 0.3 is 5.97 Å². The molecule has 0 atom stereocenters. The van der Waals surface area contributed by atoms with Gasteiger partial charge in [0.05, 0.1) is 5.56 Å². The van der Waals surface area contributed by atoms with Crippen molar-refractivity contribution in [2.45, 2.75) is 32.7 Å². The van der Waals surface area contributed by atoms with Crippen molar-refractivity contribution < 1.29 is 14.7 Å². The van der Waals surface area contributed by atoms with E-state index in [1.165, 1.54) is 11.1 Å². The average molecular weight is 325 g/mol. The Morgan fingerprint density at radius 2 is 1.46 bits per heavy atom. The van der Waals surface area contributed by atoms with Gasteiger partial charge in [0.15, 0.2) is 0 Å². The number of carboxylic acid groups (broad SMARTS) is 1. The molecule has 1 N–H and O–H groups in total. The normalized spacial score (nSPS) is 10.4. The molecule has 2 aromatic rings. The highest BCUT2D eigenvalue weighted by Crippen LogP contribution is 2.11. The summed E-state index contributed by atoms with van der Waals surface area (Å²) in [4.78, 5) is 24.8. The van der Waals surface area contributed by atoms with E-state index < -0.39 is 5.97 Å². The first kappa shape index (κ1) is 17.7. The van der Waals surface area contributed by atoms with Crippen molar-refractivity contribution in [3.8, 4) is 0 Å². The molecule has 0 aliphatic heterocycles. The first-order valence-corrected chi connectivity index (χ1v) is 8.13. The lowest BCUT2D eigenvalue weighted by molar-refractivity contribution is -0.130. The third-order valence-corrected chi connectivity index (χ3v) is 4.11. The van der Waals surface area contributed by atoms with Gasteiger partial charge in [-0.3, -0.25) is 4.79 Å². The Hall–Kier alpha value is -2.62. The molecule has 2 rings (SSSR count). The first-order valence-electron chi connectivity index (χ1n) is 8.13. The summed E-state index contributed by atoms with van der Waals surface area (Å²) >= 11 is 0. The summed E-state index contributed by atoms with van der Waals surface area (Å²) in [5.74, 6) is -0.864.